The van der Waals surface area contributed by atoms with Gasteiger partial charge in [0, 0.05) is 0 Å². The molecule has 0 fully saturated rings. The van der Waals surface area contributed by atoms with E-state index in [4.69, 9.17) is 14.6 Å². The van der Waals surface area contributed by atoms with Crippen LogP contribution in [0.3, 0.4) is 0 Å². The molecule has 4 aromatic carbocycles. The zero-order valence-electron chi connectivity index (χ0n) is 29.5. The molecule has 0 aliphatic carbocycles. The Balaban J connectivity index is 0.000000254. The van der Waals surface area contributed by atoms with Crippen molar-refractivity contribution >= 4 is 20.0 Å². The first-order valence-electron chi connectivity index (χ1n) is 16.5. The van der Waals surface area contributed by atoms with Crippen molar-refractivity contribution in [1.82, 2.24) is 0 Å². The highest BCUT2D eigenvalue weighted by atomic mass is 28.3. The van der Waals surface area contributed by atoms with Crippen LogP contribution in [0.5, 0.6) is 5.75 Å². The summed E-state index contributed by atoms with van der Waals surface area (Å²) in [5.41, 5.74) is 7.74. The number of rotatable bonds is 11. The molecule has 0 radical (unpaired) electrons. The number of carbonyl (C=O) groups is 2. The van der Waals surface area contributed by atoms with Gasteiger partial charge < -0.3 is 14.6 Å². The molecular weight excluding hydrogens is 601 g/mol. The molecule has 252 valence electrons. The van der Waals surface area contributed by atoms with Gasteiger partial charge in [-0.15, -0.1) is 0 Å². The molecule has 47 heavy (non-hydrogen) atoms. The molecule has 0 saturated heterocycles. The van der Waals surface area contributed by atoms with E-state index in [0.29, 0.717) is 13.0 Å². The van der Waals surface area contributed by atoms with Gasteiger partial charge in [0.1, 0.15) is 19.0 Å². The van der Waals surface area contributed by atoms with Crippen molar-refractivity contribution in [3.8, 4) is 5.75 Å². The lowest BCUT2D eigenvalue weighted by atomic mass is 10.1. The summed E-state index contributed by atoms with van der Waals surface area (Å²) in [4.78, 5) is 23.2. The Bertz CT molecular complexity index is 1330. The highest BCUT2D eigenvalue weighted by Gasteiger charge is 2.37. The molecule has 1 N–H and O–H groups in total. The standard InChI is InChI=1S/C16H16O2.C15H14O3.C10H24Si/c1-13-7-9-14(10-8-13)11-16(17)18-12-15-5-3-2-4-6-15;16-14-8-6-12(7-9-14)10-15(17)18-11-13-4-2-1-3-5-13;1-8(2)11(7,9(3)4)10(5)6/h2-10H,11-12H2,1H3;1-9,16H,10-11H2;8-10H,1-7H3. The van der Waals surface area contributed by atoms with E-state index in [1.165, 1.54) is 5.56 Å². The van der Waals surface area contributed by atoms with Crippen LogP contribution in [0.15, 0.2) is 109 Å². The molecule has 0 heterocycles. The number of phenolic OH excluding ortho intramolecular Hbond substituents is 1. The average molecular weight is 655 g/mol. The summed E-state index contributed by atoms with van der Waals surface area (Å²) in [7, 11) is -0.981. The average Bonchev–Trinajstić information content (AvgIpc) is 3.06. The number of ether oxygens (including phenoxy) is 2. The van der Waals surface area contributed by atoms with E-state index >= 15 is 0 Å². The van der Waals surface area contributed by atoms with Crippen molar-refractivity contribution in [1.29, 1.82) is 0 Å². The van der Waals surface area contributed by atoms with Crippen LogP contribution in [-0.2, 0) is 45.1 Å². The SMILES string of the molecule is CC(C)[Si](C)(C(C)C)C(C)C.Cc1ccc(CC(=O)OCc2ccccc2)cc1.O=C(Cc1ccc(O)cc1)OCc1ccccc1. The first-order chi connectivity index (χ1) is 22.3. The maximum absolute atomic E-state index is 11.6. The maximum atomic E-state index is 11.6. The fourth-order valence-electron chi connectivity index (χ4n) is 5.23. The normalized spacial score (nSPS) is 10.9. The monoisotopic (exact) mass is 654 g/mol. The molecular formula is C41H54O5Si. The van der Waals surface area contributed by atoms with E-state index in [-0.39, 0.29) is 30.7 Å². The lowest BCUT2D eigenvalue weighted by Crippen LogP contribution is -2.40. The zero-order chi connectivity index (χ0) is 34.8. The topological polar surface area (TPSA) is 72.8 Å². The summed E-state index contributed by atoms with van der Waals surface area (Å²) in [5.74, 6) is -0.274. The quantitative estimate of drug-likeness (QED) is 0.129. The molecule has 4 aromatic rings. The molecule has 0 atom stereocenters. The van der Waals surface area contributed by atoms with Crippen molar-refractivity contribution in [3.05, 3.63) is 137 Å². The van der Waals surface area contributed by atoms with Gasteiger partial charge in [-0.25, -0.2) is 0 Å². The molecule has 6 heteroatoms. The predicted molar refractivity (Wildman–Crippen MR) is 196 cm³/mol. The molecule has 0 spiro atoms. The number of esters is 2. The fraction of sp³-hybridized carbons (Fsp3) is 0.366. The summed E-state index contributed by atoms with van der Waals surface area (Å²) in [6.07, 6.45) is 0.542. The Labute approximate surface area is 284 Å². The Hall–Kier alpha value is -4.16. The summed E-state index contributed by atoms with van der Waals surface area (Å²) in [6.45, 7) is 19.6. The summed E-state index contributed by atoms with van der Waals surface area (Å²) < 4.78 is 10.4. The molecule has 0 bridgehead atoms. The maximum Gasteiger partial charge on any atom is 0.310 e. The van der Waals surface area contributed by atoms with Gasteiger partial charge in [0.05, 0.1) is 20.9 Å². The second-order valence-corrected chi connectivity index (χ2v) is 19.3. The number of hydrogen-bond donors (Lipinski definition) is 1. The van der Waals surface area contributed by atoms with E-state index in [1.54, 1.807) is 24.3 Å². The number of hydrogen-bond acceptors (Lipinski definition) is 5. The van der Waals surface area contributed by atoms with Crippen LogP contribution >= 0.6 is 0 Å². The molecule has 0 unspecified atom stereocenters. The first kappa shape index (κ1) is 39.0. The minimum atomic E-state index is -0.981. The van der Waals surface area contributed by atoms with Gasteiger partial charge >= 0.3 is 11.9 Å². The Morgan fingerprint density at radius 3 is 1.21 bits per heavy atom. The summed E-state index contributed by atoms with van der Waals surface area (Å²) in [6, 6.07) is 33.7. The lowest BCUT2D eigenvalue weighted by molar-refractivity contribution is -0.145. The van der Waals surface area contributed by atoms with Gasteiger partial charge in [0.15, 0.2) is 0 Å². The van der Waals surface area contributed by atoms with Crippen molar-refractivity contribution in [2.24, 2.45) is 0 Å². The van der Waals surface area contributed by atoms with Gasteiger partial charge in [0.25, 0.3) is 0 Å². The highest BCUT2D eigenvalue weighted by molar-refractivity contribution is 6.82. The second-order valence-electron chi connectivity index (χ2n) is 13.1. The molecule has 4 rings (SSSR count). The number of carbonyl (C=O) groups excluding carboxylic acids is 2. The van der Waals surface area contributed by atoms with Crippen LogP contribution in [0, 0.1) is 6.92 Å². The van der Waals surface area contributed by atoms with Crippen molar-refractivity contribution in [2.75, 3.05) is 0 Å². The van der Waals surface area contributed by atoms with E-state index in [0.717, 1.165) is 38.9 Å². The van der Waals surface area contributed by atoms with E-state index in [2.05, 4.69) is 48.1 Å². The fourth-order valence-corrected chi connectivity index (χ4v) is 9.23. The lowest BCUT2D eigenvalue weighted by Gasteiger charge is -2.39. The summed E-state index contributed by atoms with van der Waals surface area (Å²) in [5, 5.41) is 9.13. The van der Waals surface area contributed by atoms with Crippen LogP contribution < -0.4 is 0 Å². The predicted octanol–water partition coefficient (Wildman–Crippen LogP) is 10.3. The van der Waals surface area contributed by atoms with Gasteiger partial charge in [-0.1, -0.05) is 167 Å². The second kappa shape index (κ2) is 20.2. The third-order valence-electron chi connectivity index (χ3n) is 8.97. The van der Waals surface area contributed by atoms with E-state index < -0.39 is 8.07 Å². The van der Waals surface area contributed by atoms with Crippen LogP contribution in [0.4, 0.5) is 0 Å². The number of phenols is 1. The minimum Gasteiger partial charge on any atom is -0.508 e. The van der Waals surface area contributed by atoms with Gasteiger partial charge in [-0.2, -0.15) is 0 Å². The van der Waals surface area contributed by atoms with Crippen molar-refractivity contribution < 1.29 is 24.2 Å². The highest BCUT2D eigenvalue weighted by Crippen LogP contribution is 2.40. The van der Waals surface area contributed by atoms with Crippen LogP contribution in [0.25, 0.3) is 0 Å². The first-order valence-corrected chi connectivity index (χ1v) is 19.3. The van der Waals surface area contributed by atoms with Gasteiger partial charge in [0.2, 0.25) is 0 Å². The summed E-state index contributed by atoms with van der Waals surface area (Å²) >= 11 is 0. The molecule has 0 aliphatic rings. The Morgan fingerprint density at radius 1 is 0.553 bits per heavy atom. The molecule has 0 amide bonds. The van der Waals surface area contributed by atoms with Crippen molar-refractivity contribution in [2.45, 2.75) is 97.7 Å². The Kier molecular flexibility index (Phi) is 16.7. The number of aryl methyl sites for hydroxylation is 1. The van der Waals surface area contributed by atoms with Crippen LogP contribution in [0.1, 0.15) is 69.4 Å². The van der Waals surface area contributed by atoms with Crippen LogP contribution in [-0.4, -0.2) is 25.1 Å². The molecule has 5 nitrogen and oxygen atoms in total. The van der Waals surface area contributed by atoms with Crippen LogP contribution in [0.2, 0.25) is 23.2 Å². The smallest absolute Gasteiger partial charge is 0.310 e. The number of benzene rings is 4. The Morgan fingerprint density at radius 2 is 0.894 bits per heavy atom. The minimum absolute atomic E-state index is 0.191. The molecule has 0 aliphatic heterocycles. The zero-order valence-corrected chi connectivity index (χ0v) is 30.5. The molecule has 0 saturated carbocycles. The van der Waals surface area contributed by atoms with Crippen molar-refractivity contribution in [3.63, 3.8) is 0 Å². The molecule has 0 aromatic heterocycles. The van der Waals surface area contributed by atoms with E-state index in [9.17, 15) is 9.59 Å². The third kappa shape index (κ3) is 14.4. The van der Waals surface area contributed by atoms with E-state index in [1.807, 2.05) is 91.9 Å². The van der Waals surface area contributed by atoms with Gasteiger partial charge in [-0.05, 0) is 41.3 Å². The largest absolute Gasteiger partial charge is 0.508 e. The van der Waals surface area contributed by atoms with Gasteiger partial charge in [-0.3, -0.25) is 9.59 Å². The number of aromatic hydroxyl groups is 1. The third-order valence-corrected chi connectivity index (χ3v) is 16.4.